The van der Waals surface area contributed by atoms with Crippen molar-refractivity contribution in [2.75, 3.05) is 6.54 Å². The molecule has 0 aliphatic heterocycles. The SMILES string of the molecule is CCc1ccc(CNCC(C)(O)C(=O)O)s1. The Morgan fingerprint density at radius 1 is 1.50 bits per heavy atom. The van der Waals surface area contributed by atoms with E-state index in [1.54, 1.807) is 11.3 Å². The van der Waals surface area contributed by atoms with Crippen LogP contribution in [0.5, 0.6) is 0 Å². The van der Waals surface area contributed by atoms with Gasteiger partial charge in [0.15, 0.2) is 5.60 Å². The van der Waals surface area contributed by atoms with Gasteiger partial charge in [-0.1, -0.05) is 6.92 Å². The van der Waals surface area contributed by atoms with Gasteiger partial charge in [0.1, 0.15) is 0 Å². The summed E-state index contributed by atoms with van der Waals surface area (Å²) in [5.74, 6) is -1.21. The standard InChI is InChI=1S/C11H17NO3S/c1-3-8-4-5-9(16-8)6-12-7-11(2,15)10(13)14/h4-5,12,15H,3,6-7H2,1-2H3,(H,13,14). The lowest BCUT2D eigenvalue weighted by atomic mass is 10.1. The number of aryl methyl sites for hydroxylation is 1. The topological polar surface area (TPSA) is 69.6 Å². The molecule has 3 N–H and O–H groups in total. The number of carboxylic acid groups (broad SMARTS) is 1. The average Bonchev–Trinajstić information content (AvgIpc) is 2.65. The van der Waals surface area contributed by atoms with Crippen molar-refractivity contribution in [3.63, 3.8) is 0 Å². The maximum atomic E-state index is 10.6. The van der Waals surface area contributed by atoms with E-state index in [0.717, 1.165) is 11.3 Å². The van der Waals surface area contributed by atoms with Crippen molar-refractivity contribution >= 4 is 17.3 Å². The first-order valence-electron chi connectivity index (χ1n) is 5.20. The molecule has 0 saturated carbocycles. The fraction of sp³-hybridized carbons (Fsp3) is 0.545. The number of rotatable bonds is 6. The van der Waals surface area contributed by atoms with E-state index in [2.05, 4.69) is 18.3 Å². The molecule has 1 aromatic heterocycles. The number of nitrogens with one attached hydrogen (secondary N) is 1. The zero-order valence-electron chi connectivity index (χ0n) is 9.49. The second kappa shape index (κ2) is 5.43. The molecule has 0 fully saturated rings. The Morgan fingerprint density at radius 3 is 2.62 bits per heavy atom. The smallest absolute Gasteiger partial charge is 0.336 e. The molecule has 0 radical (unpaired) electrons. The lowest BCUT2D eigenvalue weighted by molar-refractivity contribution is -0.156. The van der Waals surface area contributed by atoms with Gasteiger partial charge in [0.2, 0.25) is 0 Å². The minimum Gasteiger partial charge on any atom is -0.479 e. The zero-order chi connectivity index (χ0) is 12.2. The molecule has 1 atom stereocenters. The van der Waals surface area contributed by atoms with Crippen LogP contribution in [-0.4, -0.2) is 28.3 Å². The van der Waals surface area contributed by atoms with Gasteiger partial charge in [-0.15, -0.1) is 11.3 Å². The fourth-order valence-electron chi connectivity index (χ4n) is 1.21. The first-order valence-corrected chi connectivity index (χ1v) is 6.01. The van der Waals surface area contributed by atoms with Gasteiger partial charge >= 0.3 is 5.97 Å². The lowest BCUT2D eigenvalue weighted by Crippen LogP contribution is -2.44. The van der Waals surface area contributed by atoms with Crippen LogP contribution in [0.15, 0.2) is 12.1 Å². The van der Waals surface area contributed by atoms with Gasteiger partial charge in [-0.2, -0.15) is 0 Å². The molecule has 1 unspecified atom stereocenters. The van der Waals surface area contributed by atoms with Gasteiger partial charge in [-0.25, -0.2) is 4.79 Å². The molecule has 0 bridgehead atoms. The summed E-state index contributed by atoms with van der Waals surface area (Å²) in [6.45, 7) is 4.02. The van der Waals surface area contributed by atoms with Crippen molar-refractivity contribution in [3.05, 3.63) is 21.9 Å². The monoisotopic (exact) mass is 243 g/mol. The van der Waals surface area contributed by atoms with E-state index >= 15 is 0 Å². The summed E-state index contributed by atoms with van der Waals surface area (Å²) in [5, 5.41) is 21.1. The van der Waals surface area contributed by atoms with Crippen LogP contribution in [0.1, 0.15) is 23.6 Å². The summed E-state index contributed by atoms with van der Waals surface area (Å²) in [5.41, 5.74) is -1.70. The predicted octanol–water partition coefficient (Wildman–Crippen LogP) is 1.24. The van der Waals surface area contributed by atoms with E-state index in [1.165, 1.54) is 11.8 Å². The van der Waals surface area contributed by atoms with E-state index in [1.807, 2.05) is 6.07 Å². The summed E-state index contributed by atoms with van der Waals surface area (Å²) in [6.07, 6.45) is 1.01. The van der Waals surface area contributed by atoms with E-state index in [-0.39, 0.29) is 6.54 Å². The van der Waals surface area contributed by atoms with E-state index in [4.69, 9.17) is 5.11 Å². The minimum absolute atomic E-state index is 0.0433. The number of aliphatic carboxylic acids is 1. The number of thiophene rings is 1. The van der Waals surface area contributed by atoms with Crippen molar-refractivity contribution in [1.29, 1.82) is 0 Å². The average molecular weight is 243 g/mol. The molecule has 90 valence electrons. The maximum Gasteiger partial charge on any atom is 0.336 e. The third-order valence-electron chi connectivity index (χ3n) is 2.29. The number of hydrogen-bond donors (Lipinski definition) is 3. The molecular weight excluding hydrogens is 226 g/mol. The first kappa shape index (κ1) is 13.2. The highest BCUT2D eigenvalue weighted by molar-refractivity contribution is 7.11. The predicted molar refractivity (Wildman–Crippen MR) is 63.7 cm³/mol. The molecule has 5 heteroatoms. The van der Waals surface area contributed by atoms with E-state index in [9.17, 15) is 9.90 Å². The van der Waals surface area contributed by atoms with Gasteiger partial charge in [0, 0.05) is 22.8 Å². The Hall–Kier alpha value is -0.910. The molecule has 1 aromatic rings. The molecular formula is C11H17NO3S. The van der Waals surface area contributed by atoms with Gasteiger partial charge in [0.25, 0.3) is 0 Å². The molecule has 0 aromatic carbocycles. The summed E-state index contributed by atoms with van der Waals surface area (Å²) < 4.78 is 0. The summed E-state index contributed by atoms with van der Waals surface area (Å²) >= 11 is 1.70. The van der Waals surface area contributed by atoms with Crippen molar-refractivity contribution < 1.29 is 15.0 Å². The maximum absolute atomic E-state index is 10.6. The summed E-state index contributed by atoms with van der Waals surface area (Å²) in [6, 6.07) is 4.09. The van der Waals surface area contributed by atoms with Crippen LogP contribution in [0.4, 0.5) is 0 Å². The van der Waals surface area contributed by atoms with Gasteiger partial charge in [-0.3, -0.25) is 0 Å². The number of hydrogen-bond acceptors (Lipinski definition) is 4. The first-order chi connectivity index (χ1) is 7.45. The highest BCUT2D eigenvalue weighted by atomic mass is 32.1. The third kappa shape index (κ3) is 3.59. The van der Waals surface area contributed by atoms with E-state index < -0.39 is 11.6 Å². The quantitative estimate of drug-likeness (QED) is 0.703. The molecule has 1 heterocycles. The largest absolute Gasteiger partial charge is 0.479 e. The molecule has 16 heavy (non-hydrogen) atoms. The van der Waals surface area contributed by atoms with Crippen LogP contribution in [0.2, 0.25) is 0 Å². The van der Waals surface area contributed by atoms with Crippen LogP contribution in [-0.2, 0) is 17.8 Å². The van der Waals surface area contributed by atoms with Gasteiger partial charge in [-0.05, 0) is 25.5 Å². The number of aliphatic hydroxyl groups is 1. The second-order valence-corrected chi connectivity index (χ2v) is 5.16. The highest BCUT2D eigenvalue weighted by Gasteiger charge is 2.28. The molecule has 0 spiro atoms. The summed E-state index contributed by atoms with van der Waals surface area (Å²) in [7, 11) is 0. The minimum atomic E-state index is -1.70. The molecule has 4 nitrogen and oxygen atoms in total. The van der Waals surface area contributed by atoms with Crippen LogP contribution in [0.25, 0.3) is 0 Å². The van der Waals surface area contributed by atoms with Crippen LogP contribution >= 0.6 is 11.3 Å². The fourth-order valence-corrected chi connectivity index (χ4v) is 2.14. The molecule has 0 amide bonds. The Morgan fingerprint density at radius 2 is 2.12 bits per heavy atom. The molecule has 1 rings (SSSR count). The van der Waals surface area contributed by atoms with Crippen molar-refractivity contribution in [3.8, 4) is 0 Å². The van der Waals surface area contributed by atoms with Crippen molar-refractivity contribution in [1.82, 2.24) is 5.32 Å². The molecule has 0 aliphatic carbocycles. The lowest BCUT2D eigenvalue weighted by Gasteiger charge is -2.17. The number of carbonyl (C=O) groups is 1. The Bertz CT molecular complexity index is 360. The zero-order valence-corrected chi connectivity index (χ0v) is 10.3. The van der Waals surface area contributed by atoms with Crippen molar-refractivity contribution in [2.24, 2.45) is 0 Å². The molecule has 0 aliphatic rings. The third-order valence-corrected chi connectivity index (χ3v) is 3.52. The summed E-state index contributed by atoms with van der Waals surface area (Å²) in [4.78, 5) is 13.1. The van der Waals surface area contributed by atoms with Crippen LogP contribution < -0.4 is 5.32 Å². The second-order valence-electron chi connectivity index (χ2n) is 3.90. The Balaban J connectivity index is 2.38. The van der Waals surface area contributed by atoms with E-state index in [0.29, 0.717) is 6.54 Å². The normalized spacial score (nSPS) is 14.7. The van der Waals surface area contributed by atoms with Gasteiger partial charge in [0.05, 0.1) is 0 Å². The Labute approximate surface area is 98.9 Å². The van der Waals surface area contributed by atoms with Gasteiger partial charge < -0.3 is 15.5 Å². The van der Waals surface area contributed by atoms with Crippen molar-refractivity contribution in [2.45, 2.75) is 32.4 Å². The highest BCUT2D eigenvalue weighted by Crippen LogP contribution is 2.16. The number of carboxylic acids is 1. The Kier molecular flexibility index (Phi) is 4.46. The molecule has 0 saturated heterocycles. The van der Waals surface area contributed by atoms with Crippen LogP contribution in [0.3, 0.4) is 0 Å². The van der Waals surface area contributed by atoms with Crippen LogP contribution in [0, 0.1) is 0 Å².